The van der Waals surface area contributed by atoms with Crippen molar-refractivity contribution in [3.05, 3.63) is 36.3 Å². The molecule has 0 atom stereocenters. The molecule has 0 unspecified atom stereocenters. The van der Waals surface area contributed by atoms with E-state index in [2.05, 4.69) is 4.98 Å². The highest BCUT2D eigenvalue weighted by molar-refractivity contribution is 7.99. The molecule has 128 valence electrons. The van der Waals surface area contributed by atoms with Crippen molar-refractivity contribution in [2.24, 2.45) is 0 Å². The van der Waals surface area contributed by atoms with Crippen molar-refractivity contribution in [3.63, 3.8) is 0 Å². The number of nitrogens with zero attached hydrogens (tertiary/aromatic N) is 4. The van der Waals surface area contributed by atoms with Gasteiger partial charge in [-0.25, -0.2) is 9.37 Å². The zero-order valence-corrected chi connectivity index (χ0v) is 14.1. The van der Waals surface area contributed by atoms with E-state index < -0.39 is 0 Å². The summed E-state index contributed by atoms with van der Waals surface area (Å²) in [4.78, 5) is 17.8. The molecule has 1 aromatic heterocycles. The lowest BCUT2D eigenvalue weighted by Crippen LogP contribution is -2.34. The van der Waals surface area contributed by atoms with Crippen LogP contribution in [0.2, 0.25) is 0 Å². The molecular weight excluding hydrogens is 343 g/mol. The van der Waals surface area contributed by atoms with E-state index in [0.717, 1.165) is 11.8 Å². The van der Waals surface area contributed by atoms with Crippen LogP contribution in [0, 0.1) is 28.5 Å². The van der Waals surface area contributed by atoms with Crippen molar-refractivity contribution in [1.82, 2.24) is 9.88 Å². The van der Waals surface area contributed by atoms with E-state index in [9.17, 15) is 9.18 Å². The molecule has 0 saturated carbocycles. The minimum Gasteiger partial charge on any atom is -0.431 e. The first-order chi connectivity index (χ1) is 12.1. The van der Waals surface area contributed by atoms with Gasteiger partial charge >= 0.3 is 0 Å². The first kappa shape index (κ1) is 18.5. The minimum absolute atomic E-state index is 0.0974. The number of oxazole rings is 1. The number of nitriles is 2. The lowest BCUT2D eigenvalue weighted by Gasteiger charge is -2.19. The zero-order chi connectivity index (χ0) is 18.1. The van der Waals surface area contributed by atoms with Gasteiger partial charge in [-0.3, -0.25) is 4.79 Å². The summed E-state index contributed by atoms with van der Waals surface area (Å²) in [5.41, 5.74) is 0.691. The van der Waals surface area contributed by atoms with Gasteiger partial charge in [-0.2, -0.15) is 10.5 Å². The first-order valence-corrected chi connectivity index (χ1v) is 8.49. The molecular formula is C17H15FN4O2S. The second-order valence-electron chi connectivity index (χ2n) is 4.98. The van der Waals surface area contributed by atoms with Gasteiger partial charge in [0, 0.05) is 18.7 Å². The summed E-state index contributed by atoms with van der Waals surface area (Å²) < 4.78 is 18.5. The van der Waals surface area contributed by atoms with Gasteiger partial charge in [0.25, 0.3) is 5.22 Å². The molecule has 8 heteroatoms. The van der Waals surface area contributed by atoms with Crippen LogP contribution in [0.3, 0.4) is 0 Å². The van der Waals surface area contributed by atoms with E-state index in [1.807, 2.05) is 12.1 Å². The Bertz CT molecular complexity index is 774. The summed E-state index contributed by atoms with van der Waals surface area (Å²) in [5.74, 6) is 0.0660. The summed E-state index contributed by atoms with van der Waals surface area (Å²) in [6.07, 6.45) is 1.95. The Balaban J connectivity index is 1.93. The normalized spacial score (nSPS) is 10.0. The molecule has 0 fully saturated rings. The fraction of sp³-hybridized carbons (Fsp3) is 0.294. The summed E-state index contributed by atoms with van der Waals surface area (Å²) in [6, 6.07) is 9.80. The van der Waals surface area contributed by atoms with Crippen LogP contribution in [0.4, 0.5) is 4.39 Å². The van der Waals surface area contributed by atoms with Crippen LogP contribution < -0.4 is 0 Å². The average molecular weight is 358 g/mol. The van der Waals surface area contributed by atoms with E-state index in [4.69, 9.17) is 14.9 Å². The molecule has 1 amide bonds. The van der Waals surface area contributed by atoms with E-state index in [1.54, 1.807) is 12.1 Å². The predicted molar refractivity (Wildman–Crippen MR) is 89.7 cm³/mol. The van der Waals surface area contributed by atoms with Gasteiger partial charge in [0.1, 0.15) is 5.82 Å². The highest BCUT2D eigenvalue weighted by Crippen LogP contribution is 2.25. The number of halogens is 1. The maximum atomic E-state index is 12.9. The molecule has 0 saturated heterocycles. The zero-order valence-electron chi connectivity index (χ0n) is 13.3. The molecule has 0 aliphatic rings. The second-order valence-corrected chi connectivity index (χ2v) is 5.91. The van der Waals surface area contributed by atoms with Crippen molar-refractivity contribution in [1.29, 1.82) is 10.5 Å². The van der Waals surface area contributed by atoms with Gasteiger partial charge in [-0.15, -0.1) is 0 Å². The molecule has 2 aromatic rings. The van der Waals surface area contributed by atoms with Crippen molar-refractivity contribution < 1.29 is 13.6 Å². The van der Waals surface area contributed by atoms with E-state index in [0.29, 0.717) is 29.6 Å². The number of carbonyl (C=O) groups is 1. The van der Waals surface area contributed by atoms with E-state index in [1.165, 1.54) is 23.2 Å². The number of benzene rings is 1. The fourth-order valence-electron chi connectivity index (χ4n) is 2.02. The summed E-state index contributed by atoms with van der Waals surface area (Å²) in [5, 5.41) is 17.6. The molecule has 0 radical (unpaired) electrons. The van der Waals surface area contributed by atoms with Crippen LogP contribution in [0.25, 0.3) is 11.3 Å². The number of aromatic nitrogens is 1. The topological polar surface area (TPSA) is 93.9 Å². The van der Waals surface area contributed by atoms with E-state index in [-0.39, 0.29) is 30.3 Å². The van der Waals surface area contributed by atoms with Gasteiger partial charge in [0.15, 0.2) is 5.76 Å². The van der Waals surface area contributed by atoms with Crippen LogP contribution in [0.5, 0.6) is 0 Å². The van der Waals surface area contributed by atoms with Crippen molar-refractivity contribution in [2.75, 3.05) is 18.8 Å². The average Bonchev–Trinajstić information content (AvgIpc) is 3.09. The highest BCUT2D eigenvalue weighted by atomic mass is 32.2. The van der Waals surface area contributed by atoms with Gasteiger partial charge in [-0.05, 0) is 24.3 Å². The van der Waals surface area contributed by atoms with Crippen LogP contribution in [0.15, 0.2) is 40.1 Å². The molecule has 0 aliphatic heterocycles. The number of thioether (sulfide) groups is 1. The van der Waals surface area contributed by atoms with Crippen LogP contribution in [-0.2, 0) is 4.79 Å². The Hall–Kier alpha value is -2.84. The van der Waals surface area contributed by atoms with Gasteiger partial charge in [-0.1, -0.05) is 11.8 Å². The van der Waals surface area contributed by atoms with E-state index >= 15 is 0 Å². The molecule has 1 aromatic carbocycles. The molecule has 0 N–H and O–H groups in total. The molecule has 25 heavy (non-hydrogen) atoms. The number of hydrogen-bond acceptors (Lipinski definition) is 6. The lowest BCUT2D eigenvalue weighted by molar-refractivity contribution is -0.128. The lowest BCUT2D eigenvalue weighted by atomic mass is 10.2. The Morgan fingerprint density at radius 1 is 1.20 bits per heavy atom. The Labute approximate surface area is 148 Å². The second kappa shape index (κ2) is 9.45. The smallest absolute Gasteiger partial charge is 0.256 e. The standard InChI is InChI=1S/C17H15FN4O2S/c18-14-5-3-13(4-6-14)15-11-21-17(24-15)25-12-16(23)22(9-1-7-19)10-2-8-20/h3-6,11H,1-2,9-10,12H2. The van der Waals surface area contributed by atoms with Crippen LogP contribution in [0.1, 0.15) is 12.8 Å². The summed E-state index contributed by atoms with van der Waals surface area (Å²) >= 11 is 1.13. The Kier molecular flexibility index (Phi) is 7.00. The molecule has 1 heterocycles. The maximum absolute atomic E-state index is 12.9. The maximum Gasteiger partial charge on any atom is 0.256 e. The largest absolute Gasteiger partial charge is 0.431 e. The van der Waals surface area contributed by atoms with Crippen LogP contribution >= 0.6 is 11.8 Å². The molecule has 6 nitrogen and oxygen atoms in total. The number of hydrogen-bond donors (Lipinski definition) is 0. The van der Waals surface area contributed by atoms with Crippen molar-refractivity contribution in [2.45, 2.75) is 18.1 Å². The third-order valence-corrected chi connectivity index (χ3v) is 4.10. The predicted octanol–water partition coefficient (Wildman–Crippen LogP) is 3.23. The highest BCUT2D eigenvalue weighted by Gasteiger charge is 2.15. The van der Waals surface area contributed by atoms with Crippen molar-refractivity contribution >= 4 is 17.7 Å². The Morgan fingerprint density at radius 2 is 1.84 bits per heavy atom. The number of amides is 1. The number of rotatable bonds is 8. The monoisotopic (exact) mass is 358 g/mol. The van der Waals surface area contributed by atoms with Crippen LogP contribution in [-0.4, -0.2) is 34.6 Å². The summed E-state index contributed by atoms with van der Waals surface area (Å²) in [7, 11) is 0. The third-order valence-electron chi connectivity index (χ3n) is 3.27. The third kappa shape index (κ3) is 5.63. The molecule has 0 spiro atoms. The first-order valence-electron chi connectivity index (χ1n) is 7.50. The Morgan fingerprint density at radius 3 is 2.44 bits per heavy atom. The summed E-state index contributed by atoms with van der Waals surface area (Å²) in [6.45, 7) is 0.591. The minimum atomic E-state index is -0.335. The van der Waals surface area contributed by atoms with Gasteiger partial charge in [0.2, 0.25) is 5.91 Å². The molecule has 0 bridgehead atoms. The fourth-order valence-corrected chi connectivity index (χ4v) is 2.72. The molecule has 2 rings (SSSR count). The van der Waals surface area contributed by atoms with Crippen molar-refractivity contribution in [3.8, 4) is 23.5 Å². The molecule has 0 aliphatic carbocycles. The number of carbonyl (C=O) groups excluding carboxylic acids is 1. The van der Waals surface area contributed by atoms with Gasteiger partial charge in [0.05, 0.1) is 36.9 Å². The quantitative estimate of drug-likeness (QED) is 0.673. The van der Waals surface area contributed by atoms with Gasteiger partial charge < -0.3 is 9.32 Å². The SMILES string of the molecule is N#CCCN(CCC#N)C(=O)CSc1ncc(-c2ccc(F)cc2)o1.